The molecule has 13 heteroatoms. The van der Waals surface area contributed by atoms with Gasteiger partial charge >= 0.3 is 0 Å². The number of amides is 2. The Kier molecular flexibility index (Phi) is 11.2. The van der Waals surface area contributed by atoms with Crippen LogP contribution < -0.4 is 19.1 Å². The number of rotatable bonds is 13. The molecule has 0 aromatic heterocycles. The Morgan fingerprint density at radius 2 is 1.65 bits per heavy atom. The number of ether oxygens (including phenoxy) is 2. The molecule has 1 saturated carbocycles. The smallest absolute Gasteiger partial charge is 0.273 e. The molecule has 3 aromatic carbocycles. The molecule has 46 heavy (non-hydrogen) atoms. The van der Waals surface area contributed by atoms with Crippen LogP contribution in [0.3, 0.4) is 0 Å². The molecule has 246 valence electrons. The van der Waals surface area contributed by atoms with Crippen LogP contribution in [0.4, 0.5) is 11.4 Å². The predicted octanol–water partition coefficient (Wildman–Crippen LogP) is 4.98. The van der Waals surface area contributed by atoms with Crippen LogP contribution in [0, 0.1) is 17.0 Å². The van der Waals surface area contributed by atoms with Crippen LogP contribution >= 0.6 is 0 Å². The summed E-state index contributed by atoms with van der Waals surface area (Å²) in [5.41, 5.74) is 0.740. The number of nitrogens with one attached hydrogen (secondary N) is 1. The summed E-state index contributed by atoms with van der Waals surface area (Å²) >= 11 is 0. The van der Waals surface area contributed by atoms with Crippen LogP contribution in [-0.2, 0) is 26.2 Å². The lowest BCUT2D eigenvalue weighted by molar-refractivity contribution is -0.385. The first-order chi connectivity index (χ1) is 21.9. The Balaban J connectivity index is 1.73. The van der Waals surface area contributed by atoms with E-state index in [0.29, 0.717) is 22.6 Å². The van der Waals surface area contributed by atoms with Crippen molar-refractivity contribution in [2.24, 2.45) is 0 Å². The van der Waals surface area contributed by atoms with Crippen LogP contribution in [0.25, 0.3) is 0 Å². The van der Waals surface area contributed by atoms with E-state index in [0.717, 1.165) is 42.5 Å². The molecular formula is C33H40N4O8S. The van der Waals surface area contributed by atoms with Gasteiger partial charge in [0.05, 0.1) is 29.7 Å². The van der Waals surface area contributed by atoms with Gasteiger partial charge in [-0.15, -0.1) is 0 Å². The van der Waals surface area contributed by atoms with Gasteiger partial charge in [-0.3, -0.25) is 24.0 Å². The highest BCUT2D eigenvalue weighted by Crippen LogP contribution is 2.30. The largest absolute Gasteiger partial charge is 0.497 e. The lowest BCUT2D eigenvalue weighted by Gasteiger charge is -2.33. The summed E-state index contributed by atoms with van der Waals surface area (Å²) in [7, 11) is -1.52. The molecule has 0 heterocycles. The zero-order valence-electron chi connectivity index (χ0n) is 26.5. The monoisotopic (exact) mass is 652 g/mol. The predicted molar refractivity (Wildman–Crippen MR) is 173 cm³/mol. The highest BCUT2D eigenvalue weighted by Gasteiger charge is 2.34. The van der Waals surface area contributed by atoms with Gasteiger partial charge in [-0.2, -0.15) is 0 Å². The number of hydrogen-bond donors (Lipinski definition) is 1. The normalized spacial score (nSPS) is 14.2. The fourth-order valence-corrected chi connectivity index (χ4v) is 6.90. The number of aryl methyl sites for hydroxylation is 1. The van der Waals surface area contributed by atoms with Crippen molar-refractivity contribution in [3.63, 3.8) is 0 Å². The molecule has 3 aromatic rings. The fraction of sp³-hybridized carbons (Fsp3) is 0.394. The van der Waals surface area contributed by atoms with Crippen LogP contribution in [0.5, 0.6) is 11.5 Å². The number of nitro benzene ring substituents is 1. The number of sulfonamides is 1. The number of benzene rings is 3. The van der Waals surface area contributed by atoms with E-state index in [4.69, 9.17) is 9.47 Å². The third-order valence-electron chi connectivity index (χ3n) is 8.21. The third-order valence-corrected chi connectivity index (χ3v) is 9.98. The second kappa shape index (κ2) is 15.1. The van der Waals surface area contributed by atoms with Crippen LogP contribution in [-0.4, -0.2) is 62.9 Å². The van der Waals surface area contributed by atoms with E-state index < -0.39 is 33.4 Å². The quantitative estimate of drug-likeness (QED) is 0.201. The van der Waals surface area contributed by atoms with E-state index in [9.17, 15) is 28.1 Å². The Labute approximate surface area is 269 Å². The number of nitrogens with zero attached hydrogens (tertiary/aromatic N) is 3. The van der Waals surface area contributed by atoms with Crippen molar-refractivity contribution in [3.8, 4) is 11.5 Å². The van der Waals surface area contributed by atoms with E-state index in [1.54, 1.807) is 43.3 Å². The van der Waals surface area contributed by atoms with Crippen molar-refractivity contribution in [2.75, 3.05) is 25.1 Å². The Hall–Kier alpha value is -4.65. The topological polar surface area (TPSA) is 148 Å². The Bertz CT molecular complexity index is 1660. The van der Waals surface area contributed by atoms with Crippen LogP contribution in [0.15, 0.2) is 71.6 Å². The van der Waals surface area contributed by atoms with E-state index >= 15 is 0 Å². The molecule has 2 amide bonds. The first kappa shape index (κ1) is 34.2. The number of methoxy groups -OCH3 is 2. The highest BCUT2D eigenvalue weighted by atomic mass is 32.2. The molecule has 0 aliphatic heterocycles. The average Bonchev–Trinajstić information content (AvgIpc) is 3.06. The van der Waals surface area contributed by atoms with Crippen molar-refractivity contribution in [1.82, 2.24) is 10.2 Å². The van der Waals surface area contributed by atoms with Crippen molar-refractivity contribution >= 4 is 33.2 Å². The second-order valence-electron chi connectivity index (χ2n) is 11.3. The maximum absolute atomic E-state index is 14.2. The third kappa shape index (κ3) is 8.13. The van der Waals surface area contributed by atoms with Gasteiger partial charge in [0, 0.05) is 24.2 Å². The summed E-state index contributed by atoms with van der Waals surface area (Å²) in [6, 6.07) is 15.8. The van der Waals surface area contributed by atoms with Gasteiger partial charge in [-0.25, -0.2) is 8.42 Å². The maximum Gasteiger partial charge on any atom is 0.273 e. The lowest BCUT2D eigenvalue weighted by Crippen LogP contribution is -2.53. The molecule has 1 N–H and O–H groups in total. The van der Waals surface area contributed by atoms with Gasteiger partial charge in [-0.1, -0.05) is 37.5 Å². The fourth-order valence-electron chi connectivity index (χ4n) is 5.47. The highest BCUT2D eigenvalue weighted by molar-refractivity contribution is 7.92. The summed E-state index contributed by atoms with van der Waals surface area (Å²) in [5.74, 6) is 0.0462. The van der Waals surface area contributed by atoms with E-state index in [2.05, 4.69) is 5.32 Å². The van der Waals surface area contributed by atoms with E-state index in [1.165, 1.54) is 50.3 Å². The summed E-state index contributed by atoms with van der Waals surface area (Å²) in [5, 5.41) is 14.7. The van der Waals surface area contributed by atoms with Gasteiger partial charge < -0.3 is 19.7 Å². The van der Waals surface area contributed by atoms with Crippen LogP contribution in [0.2, 0.25) is 0 Å². The minimum Gasteiger partial charge on any atom is -0.497 e. The molecular weight excluding hydrogens is 612 g/mol. The van der Waals surface area contributed by atoms with Gasteiger partial charge in [0.1, 0.15) is 24.1 Å². The van der Waals surface area contributed by atoms with Gasteiger partial charge in [0.15, 0.2) is 0 Å². The molecule has 4 rings (SSSR count). The minimum atomic E-state index is -4.51. The van der Waals surface area contributed by atoms with Crippen molar-refractivity contribution in [2.45, 2.75) is 69.5 Å². The van der Waals surface area contributed by atoms with E-state index in [1.807, 2.05) is 0 Å². The Morgan fingerprint density at radius 1 is 0.978 bits per heavy atom. The lowest BCUT2D eigenvalue weighted by atomic mass is 9.95. The van der Waals surface area contributed by atoms with E-state index in [-0.39, 0.29) is 34.8 Å². The average molecular weight is 653 g/mol. The van der Waals surface area contributed by atoms with Crippen molar-refractivity contribution < 1.29 is 32.4 Å². The molecule has 0 saturated heterocycles. The molecule has 0 radical (unpaired) electrons. The number of anilines is 1. The summed E-state index contributed by atoms with van der Waals surface area (Å²) < 4.78 is 39.8. The molecule has 1 aliphatic rings. The minimum absolute atomic E-state index is 0.00178. The summed E-state index contributed by atoms with van der Waals surface area (Å²) in [4.78, 5) is 39.7. The van der Waals surface area contributed by atoms with Crippen LogP contribution in [0.1, 0.15) is 50.2 Å². The Morgan fingerprint density at radius 3 is 2.28 bits per heavy atom. The first-order valence-electron chi connectivity index (χ1n) is 15.1. The molecule has 0 spiro atoms. The van der Waals surface area contributed by atoms with Gasteiger partial charge in [0.25, 0.3) is 15.7 Å². The second-order valence-corrected chi connectivity index (χ2v) is 13.2. The maximum atomic E-state index is 14.2. The summed E-state index contributed by atoms with van der Waals surface area (Å²) in [6.45, 7) is 2.45. The molecule has 0 bridgehead atoms. The molecule has 12 nitrogen and oxygen atoms in total. The SMILES string of the molecule is COc1ccc(N(CC(=O)N(Cc2cccc(OC)c2)[C@@H](C)C(=O)NC2CCCCC2)S(=O)(=O)c2ccc(C)c([N+](=O)[O-])c2)cc1. The van der Waals surface area contributed by atoms with Gasteiger partial charge in [0.2, 0.25) is 11.8 Å². The molecule has 1 aliphatic carbocycles. The summed E-state index contributed by atoms with van der Waals surface area (Å²) in [6.07, 6.45) is 4.85. The molecule has 1 fully saturated rings. The first-order valence-corrected chi connectivity index (χ1v) is 16.5. The standard InChI is InChI=1S/C33H40N4O8S/c1-23-13-18-30(20-31(23)37(40)41)46(42,43)36(27-14-16-28(44-3)17-15-27)22-32(38)35(21-25-9-8-12-29(19-25)45-4)24(2)33(39)34-26-10-6-5-7-11-26/h8-9,12-20,24,26H,5-7,10-11,21-22H2,1-4H3,(H,34,39)/t24-/m0/s1. The molecule has 0 unspecified atom stereocenters. The number of carbonyl (C=O) groups excluding carboxylic acids is 2. The number of hydrogen-bond acceptors (Lipinski definition) is 8. The molecule has 1 atom stereocenters. The van der Waals surface area contributed by atoms with Crippen molar-refractivity contribution in [3.05, 3.63) is 88.0 Å². The van der Waals surface area contributed by atoms with Gasteiger partial charge in [-0.05, 0) is 74.7 Å². The number of nitro groups is 1. The number of carbonyl (C=O) groups is 2. The zero-order chi connectivity index (χ0) is 33.4. The zero-order valence-corrected chi connectivity index (χ0v) is 27.3. The van der Waals surface area contributed by atoms with Crippen molar-refractivity contribution in [1.29, 1.82) is 0 Å².